The first-order valence-corrected chi connectivity index (χ1v) is 6.01. The molecule has 1 aromatic heterocycles. The van der Waals surface area contributed by atoms with Crippen LogP contribution in [0.3, 0.4) is 0 Å². The van der Waals surface area contributed by atoms with Gasteiger partial charge in [-0.2, -0.15) is 0 Å². The number of hydrogen-bond donors (Lipinski definition) is 2. The first-order chi connectivity index (χ1) is 7.58. The quantitative estimate of drug-likeness (QED) is 0.720. The van der Waals surface area contributed by atoms with E-state index in [1.54, 1.807) is 0 Å². The maximum absolute atomic E-state index is 6.06. The van der Waals surface area contributed by atoms with Gasteiger partial charge in [0.05, 0.1) is 5.54 Å². The van der Waals surface area contributed by atoms with Gasteiger partial charge in [0.2, 0.25) is 0 Å². The van der Waals surface area contributed by atoms with Gasteiger partial charge in [0.1, 0.15) is 0 Å². The molecule has 2 aromatic rings. The normalized spacial score (nSPS) is 18.7. The Morgan fingerprint density at radius 3 is 2.94 bits per heavy atom. The molecule has 84 valence electrons. The van der Waals surface area contributed by atoms with Crippen molar-refractivity contribution in [2.75, 3.05) is 6.54 Å². The van der Waals surface area contributed by atoms with E-state index < -0.39 is 0 Å². The van der Waals surface area contributed by atoms with Crippen molar-refractivity contribution in [2.24, 2.45) is 0 Å². The maximum atomic E-state index is 6.06. The topological polar surface area (TPSA) is 27.8 Å². The van der Waals surface area contributed by atoms with Gasteiger partial charge in [-0.3, -0.25) is 0 Å². The average molecular weight is 235 g/mol. The predicted molar refractivity (Wildman–Crippen MR) is 68.0 cm³/mol. The first kappa shape index (κ1) is 10.2. The summed E-state index contributed by atoms with van der Waals surface area (Å²) in [5.41, 5.74) is 3.93. The van der Waals surface area contributed by atoms with Gasteiger partial charge in [-0.15, -0.1) is 0 Å². The number of aromatic nitrogens is 1. The molecule has 3 heteroatoms. The van der Waals surface area contributed by atoms with Crippen LogP contribution in [0, 0.1) is 0 Å². The summed E-state index contributed by atoms with van der Waals surface area (Å²) in [7, 11) is 0. The number of benzene rings is 1. The van der Waals surface area contributed by atoms with E-state index in [1.165, 1.54) is 22.2 Å². The fourth-order valence-electron chi connectivity index (χ4n) is 2.60. The summed E-state index contributed by atoms with van der Waals surface area (Å²) in [4.78, 5) is 3.51. The Hall–Kier alpha value is -0.990. The van der Waals surface area contributed by atoms with E-state index in [0.717, 1.165) is 18.0 Å². The van der Waals surface area contributed by atoms with Crippen molar-refractivity contribution in [1.29, 1.82) is 0 Å². The van der Waals surface area contributed by atoms with Crippen LogP contribution in [-0.4, -0.2) is 11.5 Å². The Labute approximate surface area is 100.0 Å². The lowest BCUT2D eigenvalue weighted by atomic mass is 9.90. The van der Waals surface area contributed by atoms with E-state index in [2.05, 4.69) is 36.3 Å². The molecule has 2 heterocycles. The summed E-state index contributed by atoms with van der Waals surface area (Å²) in [6, 6.07) is 6.06. The van der Waals surface area contributed by atoms with E-state index in [-0.39, 0.29) is 5.54 Å². The zero-order chi connectivity index (χ0) is 11.3. The molecule has 0 spiro atoms. The monoisotopic (exact) mass is 234 g/mol. The number of aromatic amines is 1. The van der Waals surface area contributed by atoms with Gasteiger partial charge in [0, 0.05) is 28.2 Å². The lowest BCUT2D eigenvalue weighted by molar-refractivity contribution is 0.374. The highest BCUT2D eigenvalue weighted by molar-refractivity contribution is 6.31. The molecule has 1 aliphatic rings. The molecular weight excluding hydrogens is 220 g/mol. The van der Waals surface area contributed by atoms with Gasteiger partial charge in [0.25, 0.3) is 0 Å². The van der Waals surface area contributed by atoms with Crippen molar-refractivity contribution in [3.63, 3.8) is 0 Å². The first-order valence-electron chi connectivity index (χ1n) is 5.63. The van der Waals surface area contributed by atoms with E-state index >= 15 is 0 Å². The molecule has 2 nitrogen and oxygen atoms in total. The highest BCUT2D eigenvalue weighted by Crippen LogP contribution is 2.34. The number of hydrogen-bond acceptors (Lipinski definition) is 1. The molecule has 1 aliphatic heterocycles. The number of halogens is 1. The zero-order valence-corrected chi connectivity index (χ0v) is 10.3. The van der Waals surface area contributed by atoms with Crippen LogP contribution < -0.4 is 5.32 Å². The van der Waals surface area contributed by atoms with Crippen molar-refractivity contribution < 1.29 is 0 Å². The van der Waals surface area contributed by atoms with Gasteiger partial charge in [-0.1, -0.05) is 11.6 Å². The molecule has 0 aliphatic carbocycles. The molecule has 0 bridgehead atoms. The molecule has 0 unspecified atom stereocenters. The third kappa shape index (κ3) is 1.37. The van der Waals surface area contributed by atoms with Gasteiger partial charge in [-0.05, 0) is 44.0 Å². The molecule has 0 atom stereocenters. The third-order valence-corrected chi connectivity index (χ3v) is 3.67. The Kier molecular flexibility index (Phi) is 2.07. The largest absolute Gasteiger partial charge is 0.357 e. The van der Waals surface area contributed by atoms with Gasteiger partial charge < -0.3 is 10.3 Å². The average Bonchev–Trinajstić information content (AvgIpc) is 2.58. The molecule has 0 saturated carbocycles. The highest BCUT2D eigenvalue weighted by Gasteiger charge is 2.29. The van der Waals surface area contributed by atoms with Gasteiger partial charge in [-0.25, -0.2) is 0 Å². The molecule has 0 saturated heterocycles. The van der Waals surface area contributed by atoms with Crippen molar-refractivity contribution in [2.45, 2.75) is 25.8 Å². The van der Waals surface area contributed by atoms with E-state index in [4.69, 9.17) is 11.6 Å². The summed E-state index contributed by atoms with van der Waals surface area (Å²) in [6.07, 6.45) is 1.07. The Morgan fingerprint density at radius 1 is 1.31 bits per heavy atom. The number of fused-ring (bicyclic) bond motifs is 3. The third-order valence-electron chi connectivity index (χ3n) is 3.44. The number of H-pyrrole nitrogens is 1. The molecular formula is C13H15ClN2. The molecule has 0 fully saturated rings. The SMILES string of the molecule is CC1(C)NCCc2c1[nH]c1ccc(Cl)cc21. The smallest absolute Gasteiger partial charge is 0.0532 e. The van der Waals surface area contributed by atoms with Crippen molar-refractivity contribution >= 4 is 22.5 Å². The maximum Gasteiger partial charge on any atom is 0.0532 e. The molecule has 2 N–H and O–H groups in total. The van der Waals surface area contributed by atoms with E-state index in [0.29, 0.717) is 0 Å². The predicted octanol–water partition coefficient (Wildman–Crippen LogP) is 3.20. The fourth-order valence-corrected chi connectivity index (χ4v) is 2.77. The van der Waals surface area contributed by atoms with Gasteiger partial charge >= 0.3 is 0 Å². The number of nitrogens with one attached hydrogen (secondary N) is 2. The van der Waals surface area contributed by atoms with E-state index in [1.807, 2.05) is 6.07 Å². The zero-order valence-electron chi connectivity index (χ0n) is 9.52. The van der Waals surface area contributed by atoms with Crippen molar-refractivity contribution in [3.8, 4) is 0 Å². The fraction of sp³-hybridized carbons (Fsp3) is 0.385. The van der Waals surface area contributed by atoms with Crippen LogP contribution in [0.5, 0.6) is 0 Å². The summed E-state index contributed by atoms with van der Waals surface area (Å²) in [5.74, 6) is 0. The Balaban J connectivity index is 2.33. The minimum absolute atomic E-state index is 0.0269. The summed E-state index contributed by atoms with van der Waals surface area (Å²) < 4.78 is 0. The highest BCUT2D eigenvalue weighted by atomic mass is 35.5. The molecule has 0 radical (unpaired) electrons. The molecule has 3 rings (SSSR count). The summed E-state index contributed by atoms with van der Waals surface area (Å²) in [6.45, 7) is 5.45. The Bertz CT molecular complexity index is 554. The van der Waals surface area contributed by atoms with Crippen molar-refractivity contribution in [1.82, 2.24) is 10.3 Å². The van der Waals surface area contributed by atoms with Crippen LogP contribution in [0.25, 0.3) is 10.9 Å². The van der Waals surface area contributed by atoms with Crippen LogP contribution in [0.2, 0.25) is 5.02 Å². The van der Waals surface area contributed by atoms with Crippen LogP contribution >= 0.6 is 11.6 Å². The second-order valence-electron chi connectivity index (χ2n) is 4.97. The number of rotatable bonds is 0. The van der Waals surface area contributed by atoms with Crippen LogP contribution in [-0.2, 0) is 12.0 Å². The van der Waals surface area contributed by atoms with Crippen LogP contribution in [0.4, 0.5) is 0 Å². The standard InChI is InChI=1S/C13H15ClN2/c1-13(2)12-9(5-6-15-13)10-7-8(14)3-4-11(10)16-12/h3-4,7,15-16H,5-6H2,1-2H3. The summed E-state index contributed by atoms with van der Waals surface area (Å²) >= 11 is 6.06. The summed E-state index contributed by atoms with van der Waals surface area (Å²) in [5, 5.41) is 5.61. The Morgan fingerprint density at radius 2 is 2.12 bits per heavy atom. The van der Waals surface area contributed by atoms with Gasteiger partial charge in [0.15, 0.2) is 0 Å². The van der Waals surface area contributed by atoms with Crippen molar-refractivity contribution in [3.05, 3.63) is 34.5 Å². The molecule has 1 aromatic carbocycles. The van der Waals surface area contributed by atoms with Crippen LogP contribution in [0.15, 0.2) is 18.2 Å². The molecule has 0 amide bonds. The molecule has 16 heavy (non-hydrogen) atoms. The lowest BCUT2D eigenvalue weighted by Crippen LogP contribution is -2.42. The minimum Gasteiger partial charge on any atom is -0.357 e. The van der Waals surface area contributed by atoms with Crippen LogP contribution in [0.1, 0.15) is 25.1 Å². The minimum atomic E-state index is 0.0269. The lowest BCUT2D eigenvalue weighted by Gasteiger charge is -2.31. The van der Waals surface area contributed by atoms with E-state index in [9.17, 15) is 0 Å². The second-order valence-corrected chi connectivity index (χ2v) is 5.41. The second kappa shape index (κ2) is 3.25.